The van der Waals surface area contributed by atoms with Gasteiger partial charge in [-0.25, -0.2) is 4.98 Å². The molecular weight excluding hydrogens is 290 g/mol. The Hall–Kier alpha value is -3.28. The van der Waals surface area contributed by atoms with Crippen LogP contribution in [-0.4, -0.2) is 27.3 Å². The number of methoxy groups -OCH3 is 1. The SMILES string of the molecule is COc1ccc(-c2ccc3nc(-c4[nH]ncc4N)[nH]c3c2)cc1. The van der Waals surface area contributed by atoms with Gasteiger partial charge < -0.3 is 15.5 Å². The zero-order valence-electron chi connectivity index (χ0n) is 12.5. The third-order valence-corrected chi connectivity index (χ3v) is 3.81. The molecule has 0 aliphatic heterocycles. The van der Waals surface area contributed by atoms with E-state index in [1.165, 1.54) is 0 Å². The molecular formula is C17H15N5O. The van der Waals surface area contributed by atoms with Gasteiger partial charge in [-0.1, -0.05) is 18.2 Å². The van der Waals surface area contributed by atoms with Crippen molar-refractivity contribution in [1.29, 1.82) is 0 Å². The number of nitrogen functional groups attached to an aromatic ring is 1. The number of H-pyrrole nitrogens is 2. The molecule has 2 heterocycles. The number of nitrogens with one attached hydrogen (secondary N) is 2. The third-order valence-electron chi connectivity index (χ3n) is 3.81. The minimum atomic E-state index is 0.569. The fourth-order valence-electron chi connectivity index (χ4n) is 2.58. The number of benzene rings is 2. The average molecular weight is 305 g/mol. The van der Waals surface area contributed by atoms with Gasteiger partial charge in [0.05, 0.1) is 30.0 Å². The van der Waals surface area contributed by atoms with Crippen LogP contribution in [0.5, 0.6) is 5.75 Å². The molecule has 114 valence electrons. The molecule has 6 nitrogen and oxygen atoms in total. The van der Waals surface area contributed by atoms with Gasteiger partial charge in [0.25, 0.3) is 0 Å². The molecule has 0 bridgehead atoms. The van der Waals surface area contributed by atoms with Crippen LogP contribution in [0.3, 0.4) is 0 Å². The maximum Gasteiger partial charge on any atom is 0.158 e. The first-order chi connectivity index (χ1) is 11.2. The molecule has 0 saturated heterocycles. The van der Waals surface area contributed by atoms with Crippen LogP contribution in [0.2, 0.25) is 0 Å². The molecule has 0 aliphatic carbocycles. The van der Waals surface area contributed by atoms with Gasteiger partial charge >= 0.3 is 0 Å². The van der Waals surface area contributed by atoms with Crippen molar-refractivity contribution in [3.63, 3.8) is 0 Å². The molecule has 4 aromatic rings. The van der Waals surface area contributed by atoms with Crippen molar-refractivity contribution in [2.45, 2.75) is 0 Å². The second-order valence-corrected chi connectivity index (χ2v) is 5.25. The highest BCUT2D eigenvalue weighted by Crippen LogP contribution is 2.28. The molecule has 4 rings (SSSR count). The van der Waals surface area contributed by atoms with Crippen molar-refractivity contribution in [2.24, 2.45) is 0 Å². The van der Waals surface area contributed by atoms with Crippen LogP contribution >= 0.6 is 0 Å². The molecule has 23 heavy (non-hydrogen) atoms. The summed E-state index contributed by atoms with van der Waals surface area (Å²) in [5.41, 5.74) is 11.2. The van der Waals surface area contributed by atoms with Gasteiger partial charge in [0.1, 0.15) is 11.4 Å². The molecule has 0 radical (unpaired) electrons. The largest absolute Gasteiger partial charge is 0.497 e. The van der Waals surface area contributed by atoms with Gasteiger partial charge in [0.2, 0.25) is 0 Å². The van der Waals surface area contributed by atoms with E-state index >= 15 is 0 Å². The van der Waals surface area contributed by atoms with Crippen LogP contribution in [0.15, 0.2) is 48.7 Å². The number of nitrogens with two attached hydrogens (primary N) is 1. The van der Waals surface area contributed by atoms with Crippen molar-refractivity contribution in [3.05, 3.63) is 48.7 Å². The van der Waals surface area contributed by atoms with E-state index < -0.39 is 0 Å². The molecule has 0 amide bonds. The number of hydrogen-bond donors (Lipinski definition) is 3. The summed E-state index contributed by atoms with van der Waals surface area (Å²) in [6.45, 7) is 0. The molecule has 0 atom stereocenters. The Morgan fingerprint density at radius 3 is 2.52 bits per heavy atom. The second-order valence-electron chi connectivity index (χ2n) is 5.25. The molecule has 0 spiro atoms. The normalized spacial score (nSPS) is 11.0. The summed E-state index contributed by atoms with van der Waals surface area (Å²) in [7, 11) is 1.66. The maximum absolute atomic E-state index is 5.88. The first-order valence-corrected chi connectivity index (χ1v) is 7.18. The van der Waals surface area contributed by atoms with Crippen LogP contribution in [0.25, 0.3) is 33.7 Å². The molecule has 0 aliphatic rings. The molecule has 0 saturated carbocycles. The van der Waals surface area contributed by atoms with Crippen LogP contribution in [-0.2, 0) is 0 Å². The Bertz CT molecular complexity index is 968. The lowest BCUT2D eigenvalue weighted by Crippen LogP contribution is -1.87. The molecule has 6 heteroatoms. The highest BCUT2D eigenvalue weighted by atomic mass is 16.5. The number of ether oxygens (including phenoxy) is 1. The van der Waals surface area contributed by atoms with Crippen LogP contribution in [0.4, 0.5) is 5.69 Å². The summed E-state index contributed by atoms with van der Waals surface area (Å²) in [5.74, 6) is 1.52. The van der Waals surface area contributed by atoms with E-state index in [1.54, 1.807) is 13.3 Å². The second kappa shape index (κ2) is 5.17. The monoisotopic (exact) mass is 305 g/mol. The number of anilines is 1. The maximum atomic E-state index is 5.88. The summed E-state index contributed by atoms with van der Waals surface area (Å²) in [5, 5.41) is 6.79. The summed E-state index contributed by atoms with van der Waals surface area (Å²) in [6, 6.07) is 14.1. The van der Waals surface area contributed by atoms with Crippen LogP contribution in [0.1, 0.15) is 0 Å². The van der Waals surface area contributed by atoms with E-state index in [4.69, 9.17) is 10.5 Å². The predicted molar refractivity (Wildman–Crippen MR) is 90.1 cm³/mol. The van der Waals surface area contributed by atoms with Crippen molar-refractivity contribution < 1.29 is 4.74 Å². The predicted octanol–water partition coefficient (Wildman–Crippen LogP) is 3.21. The molecule has 0 unspecified atom stereocenters. The number of hydrogen-bond acceptors (Lipinski definition) is 4. The van der Waals surface area contributed by atoms with Crippen LogP contribution < -0.4 is 10.5 Å². The Morgan fingerprint density at radius 2 is 1.83 bits per heavy atom. The average Bonchev–Trinajstić information content (AvgIpc) is 3.19. The summed E-state index contributed by atoms with van der Waals surface area (Å²) >= 11 is 0. The number of aromatic nitrogens is 4. The minimum Gasteiger partial charge on any atom is -0.497 e. The lowest BCUT2D eigenvalue weighted by molar-refractivity contribution is 0.415. The number of nitrogens with zero attached hydrogens (tertiary/aromatic N) is 2. The van der Waals surface area contributed by atoms with E-state index in [0.717, 1.165) is 27.9 Å². The standard InChI is InChI=1S/C17H15N5O/c1-23-12-5-2-10(3-6-12)11-4-7-14-15(8-11)21-17(20-14)16-13(18)9-19-22-16/h2-9H,18H2,1H3,(H,19,22)(H,20,21). The van der Waals surface area contributed by atoms with E-state index in [-0.39, 0.29) is 0 Å². The lowest BCUT2D eigenvalue weighted by Gasteiger charge is -2.03. The third kappa shape index (κ3) is 2.30. The van der Waals surface area contributed by atoms with Gasteiger partial charge in [-0.15, -0.1) is 0 Å². The van der Waals surface area contributed by atoms with E-state index in [2.05, 4.69) is 26.2 Å². The Balaban J connectivity index is 1.77. The summed E-state index contributed by atoms with van der Waals surface area (Å²) in [4.78, 5) is 7.84. The van der Waals surface area contributed by atoms with Gasteiger partial charge in [0.15, 0.2) is 5.82 Å². The smallest absolute Gasteiger partial charge is 0.158 e. The Labute approximate surface area is 132 Å². The Kier molecular flexibility index (Phi) is 3.01. The van der Waals surface area contributed by atoms with Gasteiger partial charge in [-0.3, -0.25) is 5.10 Å². The van der Waals surface area contributed by atoms with Crippen molar-refractivity contribution in [3.8, 4) is 28.4 Å². The summed E-state index contributed by atoms with van der Waals surface area (Å²) in [6.07, 6.45) is 1.57. The zero-order chi connectivity index (χ0) is 15.8. The topological polar surface area (TPSA) is 92.6 Å². The van der Waals surface area contributed by atoms with Crippen LogP contribution in [0, 0.1) is 0 Å². The molecule has 2 aromatic carbocycles. The molecule has 4 N–H and O–H groups in total. The zero-order valence-corrected chi connectivity index (χ0v) is 12.5. The molecule has 0 fully saturated rings. The van der Waals surface area contributed by atoms with E-state index in [9.17, 15) is 0 Å². The first kappa shape index (κ1) is 13.4. The highest BCUT2D eigenvalue weighted by molar-refractivity contribution is 5.85. The fourth-order valence-corrected chi connectivity index (χ4v) is 2.58. The molecule has 2 aromatic heterocycles. The fraction of sp³-hybridized carbons (Fsp3) is 0.0588. The van der Waals surface area contributed by atoms with Crippen molar-refractivity contribution in [1.82, 2.24) is 20.2 Å². The number of fused-ring (bicyclic) bond motifs is 1. The minimum absolute atomic E-state index is 0.569. The van der Waals surface area contributed by atoms with Crippen molar-refractivity contribution >= 4 is 16.7 Å². The first-order valence-electron chi connectivity index (χ1n) is 7.18. The van der Waals surface area contributed by atoms with Gasteiger partial charge in [-0.05, 0) is 35.4 Å². The van der Waals surface area contributed by atoms with E-state index in [1.807, 2.05) is 36.4 Å². The Morgan fingerprint density at radius 1 is 1.04 bits per heavy atom. The lowest BCUT2D eigenvalue weighted by atomic mass is 10.1. The highest BCUT2D eigenvalue weighted by Gasteiger charge is 2.10. The van der Waals surface area contributed by atoms with Gasteiger partial charge in [0, 0.05) is 0 Å². The number of aromatic amines is 2. The van der Waals surface area contributed by atoms with E-state index in [0.29, 0.717) is 17.2 Å². The summed E-state index contributed by atoms with van der Waals surface area (Å²) < 4.78 is 5.19. The number of rotatable bonds is 3. The van der Waals surface area contributed by atoms with Gasteiger partial charge in [-0.2, -0.15) is 5.10 Å². The quantitative estimate of drug-likeness (QED) is 0.542. The number of imidazole rings is 1. The van der Waals surface area contributed by atoms with Crippen molar-refractivity contribution in [2.75, 3.05) is 12.8 Å².